The molecule has 0 fully saturated rings. The first kappa shape index (κ1) is 8.28. The fourth-order valence-corrected chi connectivity index (χ4v) is 0.917. The molecule has 0 saturated heterocycles. The third-order valence-electron chi connectivity index (χ3n) is 1.43. The Balaban J connectivity index is 2.66. The normalized spacial score (nSPS) is 10.8. The van der Waals surface area contributed by atoms with Crippen LogP contribution in [0, 0.1) is 5.39 Å². The summed E-state index contributed by atoms with van der Waals surface area (Å²) in [5.74, 6) is 0.0451. The van der Waals surface area contributed by atoms with E-state index >= 15 is 0 Å². The molecule has 0 aromatic heterocycles. The van der Waals surface area contributed by atoms with Crippen molar-refractivity contribution in [3.63, 3.8) is 0 Å². The standard InChI is InChI=1S/C9H8N2O/c10-11-7-9(12)6-8-4-2-1-3-5-8/h1-5,7H,6H2/p+1. The second-order valence-corrected chi connectivity index (χ2v) is 2.40. The van der Waals surface area contributed by atoms with Gasteiger partial charge < -0.3 is 5.11 Å². The smallest absolute Gasteiger partial charge is 0.387 e. The van der Waals surface area contributed by atoms with Gasteiger partial charge in [0.15, 0.2) is 10.7 Å². The Labute approximate surface area is 70.6 Å². The zero-order valence-corrected chi connectivity index (χ0v) is 6.51. The monoisotopic (exact) mass is 161 g/mol. The molecule has 0 unspecified atom stereocenters. The summed E-state index contributed by atoms with van der Waals surface area (Å²) >= 11 is 0. The largest absolute Gasteiger partial charge is 0.505 e. The lowest BCUT2D eigenvalue weighted by molar-refractivity contribution is 0.398. The number of diazo groups is 1. The van der Waals surface area contributed by atoms with Crippen molar-refractivity contribution >= 4 is 0 Å². The summed E-state index contributed by atoms with van der Waals surface area (Å²) in [5, 5.41) is 17.2. The topological polar surface area (TPSA) is 48.4 Å². The molecular weight excluding hydrogens is 152 g/mol. The molecule has 12 heavy (non-hydrogen) atoms. The molecule has 0 amide bonds. The number of hydrogen-bond donors (Lipinski definition) is 1. The van der Waals surface area contributed by atoms with E-state index in [0.717, 1.165) is 11.8 Å². The highest BCUT2D eigenvalue weighted by Gasteiger charge is 2.00. The molecule has 0 bridgehead atoms. The summed E-state index contributed by atoms with van der Waals surface area (Å²) in [4.78, 5) is 2.72. The van der Waals surface area contributed by atoms with Crippen LogP contribution in [0.25, 0.3) is 4.98 Å². The number of hydrogen-bond acceptors (Lipinski definition) is 2. The lowest BCUT2D eigenvalue weighted by Crippen LogP contribution is -1.87. The van der Waals surface area contributed by atoms with Gasteiger partial charge in [-0.2, -0.15) is 0 Å². The van der Waals surface area contributed by atoms with E-state index < -0.39 is 0 Å². The molecule has 1 rings (SSSR count). The fourth-order valence-electron chi connectivity index (χ4n) is 0.917. The Hall–Kier alpha value is -1.82. The van der Waals surface area contributed by atoms with Gasteiger partial charge in [-0.25, -0.2) is 0 Å². The van der Waals surface area contributed by atoms with Crippen molar-refractivity contribution in [2.75, 3.05) is 0 Å². The van der Waals surface area contributed by atoms with Crippen molar-refractivity contribution in [2.45, 2.75) is 6.42 Å². The SMILES string of the molecule is N#[N+]C=C(O)Cc1ccccc1. The van der Waals surface area contributed by atoms with Crippen molar-refractivity contribution in [1.82, 2.24) is 0 Å². The number of allylic oxidation sites excluding steroid dienone is 1. The quantitative estimate of drug-likeness (QED) is 0.535. The summed E-state index contributed by atoms with van der Waals surface area (Å²) in [6.45, 7) is 0. The molecule has 60 valence electrons. The fraction of sp³-hybridized carbons (Fsp3) is 0.111. The van der Waals surface area contributed by atoms with Crippen LogP contribution in [-0.4, -0.2) is 5.11 Å². The molecular formula is C9H9N2O+. The Kier molecular flexibility index (Phi) is 2.86. The predicted molar refractivity (Wildman–Crippen MR) is 45.9 cm³/mol. The molecule has 1 aromatic rings. The van der Waals surface area contributed by atoms with E-state index in [4.69, 9.17) is 10.5 Å². The summed E-state index contributed by atoms with van der Waals surface area (Å²) in [5.41, 5.74) is 0.981. The van der Waals surface area contributed by atoms with Gasteiger partial charge in [0.1, 0.15) is 0 Å². The lowest BCUT2D eigenvalue weighted by Gasteiger charge is -1.94. The van der Waals surface area contributed by atoms with Crippen molar-refractivity contribution in [3.05, 3.63) is 52.8 Å². The van der Waals surface area contributed by atoms with Crippen LogP contribution >= 0.6 is 0 Å². The van der Waals surface area contributed by atoms with Crippen molar-refractivity contribution in [3.8, 4) is 0 Å². The van der Waals surface area contributed by atoms with Gasteiger partial charge in [-0.3, -0.25) is 0 Å². The van der Waals surface area contributed by atoms with Crippen LogP contribution in [0.2, 0.25) is 0 Å². The summed E-state index contributed by atoms with van der Waals surface area (Å²) in [6, 6.07) is 9.46. The molecule has 1 aromatic carbocycles. The van der Waals surface area contributed by atoms with E-state index in [2.05, 4.69) is 4.98 Å². The molecule has 0 aliphatic rings. The Morgan fingerprint density at radius 3 is 2.67 bits per heavy atom. The van der Waals surface area contributed by atoms with Gasteiger partial charge in [0, 0.05) is 6.42 Å². The highest BCUT2D eigenvalue weighted by Crippen LogP contribution is 2.04. The first-order valence-corrected chi connectivity index (χ1v) is 3.59. The summed E-state index contributed by atoms with van der Waals surface area (Å²) < 4.78 is 0. The van der Waals surface area contributed by atoms with Gasteiger partial charge in [-0.1, -0.05) is 30.3 Å². The molecule has 0 saturated carbocycles. The third kappa shape index (κ3) is 2.43. The average Bonchev–Trinajstić information content (AvgIpc) is 2.06. The van der Waals surface area contributed by atoms with Crippen LogP contribution in [-0.2, 0) is 6.42 Å². The zero-order chi connectivity index (χ0) is 8.81. The molecule has 0 aliphatic carbocycles. The van der Waals surface area contributed by atoms with Gasteiger partial charge in [0.2, 0.25) is 5.39 Å². The van der Waals surface area contributed by atoms with Crippen molar-refractivity contribution in [1.29, 1.82) is 5.39 Å². The molecule has 0 heterocycles. The highest BCUT2D eigenvalue weighted by molar-refractivity contribution is 5.19. The average molecular weight is 161 g/mol. The maximum Gasteiger partial charge on any atom is 0.387 e. The maximum absolute atomic E-state index is 9.11. The van der Waals surface area contributed by atoms with Gasteiger partial charge in [-0.15, -0.1) is 0 Å². The number of aliphatic hydroxyl groups is 1. The maximum atomic E-state index is 9.11. The zero-order valence-electron chi connectivity index (χ0n) is 6.51. The number of aliphatic hydroxyl groups excluding tert-OH is 1. The van der Waals surface area contributed by atoms with Crippen LogP contribution < -0.4 is 0 Å². The van der Waals surface area contributed by atoms with Crippen LogP contribution in [0.4, 0.5) is 0 Å². The molecule has 1 N–H and O–H groups in total. The molecule has 0 radical (unpaired) electrons. The Morgan fingerprint density at radius 1 is 1.42 bits per heavy atom. The lowest BCUT2D eigenvalue weighted by atomic mass is 10.1. The minimum absolute atomic E-state index is 0.0451. The second kappa shape index (κ2) is 4.14. The van der Waals surface area contributed by atoms with Crippen LogP contribution in [0.1, 0.15) is 5.56 Å². The number of rotatable bonds is 2. The molecule has 0 atom stereocenters. The van der Waals surface area contributed by atoms with E-state index in [9.17, 15) is 0 Å². The first-order valence-electron chi connectivity index (χ1n) is 3.59. The van der Waals surface area contributed by atoms with E-state index in [1.165, 1.54) is 0 Å². The Morgan fingerprint density at radius 2 is 2.08 bits per heavy atom. The van der Waals surface area contributed by atoms with Gasteiger partial charge in [0.05, 0.1) is 0 Å². The van der Waals surface area contributed by atoms with Gasteiger partial charge >= 0.3 is 6.20 Å². The minimum Gasteiger partial charge on any atom is -0.505 e. The first-order chi connectivity index (χ1) is 5.83. The molecule has 3 nitrogen and oxygen atoms in total. The minimum atomic E-state index is 0.0451. The van der Waals surface area contributed by atoms with Crippen molar-refractivity contribution in [2.24, 2.45) is 0 Å². The molecule has 3 heteroatoms. The summed E-state index contributed by atoms with van der Waals surface area (Å²) in [7, 11) is 0. The number of benzene rings is 1. The second-order valence-electron chi connectivity index (χ2n) is 2.40. The molecule has 0 spiro atoms. The van der Waals surface area contributed by atoms with Crippen LogP contribution in [0.5, 0.6) is 0 Å². The van der Waals surface area contributed by atoms with Gasteiger partial charge in [-0.05, 0) is 5.56 Å². The number of nitrogens with zero attached hydrogens (tertiary/aromatic N) is 2. The van der Waals surface area contributed by atoms with E-state index in [0.29, 0.717) is 6.42 Å². The van der Waals surface area contributed by atoms with Crippen molar-refractivity contribution < 1.29 is 5.11 Å². The van der Waals surface area contributed by atoms with E-state index in [-0.39, 0.29) is 5.76 Å². The van der Waals surface area contributed by atoms with Gasteiger partial charge in [0.25, 0.3) is 0 Å². The van der Waals surface area contributed by atoms with E-state index in [1.54, 1.807) is 0 Å². The highest BCUT2D eigenvalue weighted by atomic mass is 16.3. The third-order valence-corrected chi connectivity index (χ3v) is 1.43. The predicted octanol–water partition coefficient (Wildman–Crippen LogP) is 2.48. The summed E-state index contributed by atoms with van der Waals surface area (Å²) in [6.07, 6.45) is 1.41. The van der Waals surface area contributed by atoms with Crippen LogP contribution in [0.15, 0.2) is 42.3 Å². The van der Waals surface area contributed by atoms with Crippen LogP contribution in [0.3, 0.4) is 0 Å². The molecule has 0 aliphatic heterocycles. The van der Waals surface area contributed by atoms with E-state index in [1.807, 2.05) is 30.3 Å². The Bertz CT molecular complexity index is 311.